The van der Waals surface area contributed by atoms with Crippen molar-refractivity contribution in [1.82, 2.24) is 0 Å². The Labute approximate surface area is 120 Å². The first-order valence-electron chi connectivity index (χ1n) is 6.17. The highest BCUT2D eigenvalue weighted by molar-refractivity contribution is 5.97. The molecule has 2 aromatic carbocycles. The van der Waals surface area contributed by atoms with Crippen LogP contribution in [-0.2, 0) is 6.61 Å². The second kappa shape index (κ2) is 6.21. The Morgan fingerprint density at radius 2 is 2.05 bits per heavy atom. The summed E-state index contributed by atoms with van der Waals surface area (Å²) in [5, 5.41) is 11.4. The normalized spacial score (nSPS) is 11.5. The van der Waals surface area contributed by atoms with E-state index in [0.717, 1.165) is 0 Å². The minimum absolute atomic E-state index is 0.0197. The summed E-state index contributed by atoms with van der Waals surface area (Å²) in [6.45, 7) is 1.54. The molecule has 21 heavy (non-hydrogen) atoms. The number of nitrogens with two attached hydrogens (primary N) is 1. The van der Waals surface area contributed by atoms with Crippen molar-refractivity contribution in [3.05, 3.63) is 64.7 Å². The molecule has 0 atom stereocenters. The third-order valence-electron chi connectivity index (χ3n) is 3.00. The second-order valence-corrected chi connectivity index (χ2v) is 4.46. The number of aryl methyl sites for hydroxylation is 1. The Morgan fingerprint density at radius 3 is 2.71 bits per heavy atom. The van der Waals surface area contributed by atoms with E-state index in [-0.39, 0.29) is 23.6 Å². The molecule has 4 nitrogen and oxygen atoms in total. The quantitative estimate of drug-likeness (QED) is 0.394. The zero-order chi connectivity index (χ0) is 15.4. The van der Waals surface area contributed by atoms with E-state index in [1.165, 1.54) is 18.2 Å². The summed E-state index contributed by atoms with van der Waals surface area (Å²) in [5.74, 6) is -1.05. The fourth-order valence-electron chi connectivity index (χ4n) is 1.77. The second-order valence-electron chi connectivity index (χ2n) is 4.46. The van der Waals surface area contributed by atoms with Crippen LogP contribution in [0.1, 0.15) is 16.7 Å². The molecule has 0 amide bonds. The van der Waals surface area contributed by atoms with Gasteiger partial charge in [0, 0.05) is 11.6 Å². The minimum atomic E-state index is -0.639. The Hall–Kier alpha value is -2.63. The van der Waals surface area contributed by atoms with Gasteiger partial charge in [0.2, 0.25) is 0 Å². The van der Waals surface area contributed by atoms with Gasteiger partial charge in [0.1, 0.15) is 24.0 Å². The molecule has 0 heterocycles. The highest BCUT2D eigenvalue weighted by Gasteiger charge is 2.12. The van der Waals surface area contributed by atoms with Gasteiger partial charge < -0.3 is 15.7 Å². The molecule has 110 valence electrons. The van der Waals surface area contributed by atoms with E-state index in [1.807, 2.05) is 0 Å². The van der Waals surface area contributed by atoms with Crippen LogP contribution in [0, 0.1) is 18.6 Å². The third-order valence-corrected chi connectivity index (χ3v) is 3.00. The van der Waals surface area contributed by atoms with Crippen molar-refractivity contribution >= 4 is 5.84 Å². The number of benzene rings is 2. The third kappa shape index (κ3) is 3.28. The number of ether oxygens (including phenoxy) is 1. The summed E-state index contributed by atoms with van der Waals surface area (Å²) in [7, 11) is 0. The molecular formula is C15H14F2N2O2. The maximum atomic E-state index is 14.1. The first kappa shape index (κ1) is 14.8. The predicted octanol–water partition coefficient (Wildman–Crippen LogP) is 2.95. The molecule has 0 saturated carbocycles. The summed E-state index contributed by atoms with van der Waals surface area (Å²) < 4.78 is 32.9. The zero-order valence-electron chi connectivity index (χ0n) is 11.3. The van der Waals surface area contributed by atoms with E-state index in [2.05, 4.69) is 5.16 Å². The smallest absolute Gasteiger partial charge is 0.173 e. The van der Waals surface area contributed by atoms with Crippen LogP contribution >= 0.6 is 0 Å². The van der Waals surface area contributed by atoms with Gasteiger partial charge in [0.05, 0.1) is 5.56 Å². The van der Waals surface area contributed by atoms with Crippen LogP contribution in [0.2, 0.25) is 0 Å². The number of hydrogen-bond donors (Lipinski definition) is 2. The van der Waals surface area contributed by atoms with E-state index in [4.69, 9.17) is 15.7 Å². The molecule has 2 aromatic rings. The van der Waals surface area contributed by atoms with Crippen LogP contribution < -0.4 is 10.5 Å². The summed E-state index contributed by atoms with van der Waals surface area (Å²) in [6, 6.07) is 8.87. The maximum Gasteiger partial charge on any atom is 0.173 e. The fourth-order valence-corrected chi connectivity index (χ4v) is 1.77. The molecule has 0 spiro atoms. The van der Waals surface area contributed by atoms with E-state index >= 15 is 0 Å². The Balaban J connectivity index is 2.18. The first-order chi connectivity index (χ1) is 10.0. The molecule has 0 radical (unpaired) electrons. The average molecular weight is 292 g/mol. The molecule has 0 aliphatic heterocycles. The van der Waals surface area contributed by atoms with Crippen molar-refractivity contribution in [2.24, 2.45) is 10.9 Å². The van der Waals surface area contributed by atoms with Gasteiger partial charge >= 0.3 is 0 Å². The lowest BCUT2D eigenvalue weighted by atomic mass is 10.1. The van der Waals surface area contributed by atoms with Gasteiger partial charge in [-0.05, 0) is 24.6 Å². The zero-order valence-corrected chi connectivity index (χ0v) is 11.3. The summed E-state index contributed by atoms with van der Waals surface area (Å²) in [5.41, 5.74) is 6.08. The van der Waals surface area contributed by atoms with Crippen molar-refractivity contribution in [2.75, 3.05) is 0 Å². The highest BCUT2D eigenvalue weighted by atomic mass is 19.1. The van der Waals surface area contributed by atoms with Crippen LogP contribution in [-0.4, -0.2) is 11.0 Å². The number of amidine groups is 1. The Kier molecular flexibility index (Phi) is 4.37. The maximum absolute atomic E-state index is 14.1. The Morgan fingerprint density at radius 1 is 1.29 bits per heavy atom. The fraction of sp³-hybridized carbons (Fsp3) is 0.133. The summed E-state index contributed by atoms with van der Waals surface area (Å²) >= 11 is 0. The molecule has 0 bridgehead atoms. The van der Waals surface area contributed by atoms with Gasteiger partial charge in [-0.1, -0.05) is 23.4 Å². The van der Waals surface area contributed by atoms with Crippen LogP contribution in [0.5, 0.6) is 5.75 Å². The molecule has 6 heteroatoms. The van der Waals surface area contributed by atoms with Crippen LogP contribution in [0.4, 0.5) is 8.78 Å². The number of rotatable bonds is 4. The molecule has 2 rings (SSSR count). The number of nitrogens with zero attached hydrogens (tertiary/aromatic N) is 1. The molecule has 3 N–H and O–H groups in total. The monoisotopic (exact) mass is 292 g/mol. The van der Waals surface area contributed by atoms with Gasteiger partial charge in [-0.15, -0.1) is 0 Å². The average Bonchev–Trinajstić information content (AvgIpc) is 2.49. The number of oxime groups is 1. The topological polar surface area (TPSA) is 67.8 Å². The Bertz CT molecular complexity index is 687. The first-order valence-corrected chi connectivity index (χ1v) is 6.17. The van der Waals surface area contributed by atoms with Crippen molar-refractivity contribution in [3.63, 3.8) is 0 Å². The standard InChI is InChI=1S/C15H14F2N2O2/c1-9-5-6-11(7-13(9)16)21-8-10-3-2-4-12(14(10)17)15(18)19-20/h2-7,20H,8H2,1H3,(H2,18,19). The number of hydrogen-bond acceptors (Lipinski definition) is 3. The molecule has 0 aliphatic carbocycles. The van der Waals surface area contributed by atoms with Crippen molar-refractivity contribution < 1.29 is 18.7 Å². The lowest BCUT2D eigenvalue weighted by Crippen LogP contribution is -2.16. The van der Waals surface area contributed by atoms with Crippen LogP contribution in [0.25, 0.3) is 0 Å². The van der Waals surface area contributed by atoms with E-state index in [1.54, 1.807) is 25.1 Å². The predicted molar refractivity (Wildman–Crippen MR) is 74.4 cm³/mol. The van der Waals surface area contributed by atoms with E-state index in [9.17, 15) is 8.78 Å². The van der Waals surface area contributed by atoms with Gasteiger partial charge in [-0.3, -0.25) is 0 Å². The molecule has 0 saturated heterocycles. The van der Waals surface area contributed by atoms with Gasteiger partial charge in [0.25, 0.3) is 0 Å². The summed E-state index contributed by atoms with van der Waals surface area (Å²) in [6.07, 6.45) is 0. The highest BCUT2D eigenvalue weighted by Crippen LogP contribution is 2.19. The van der Waals surface area contributed by atoms with E-state index in [0.29, 0.717) is 11.3 Å². The van der Waals surface area contributed by atoms with Gasteiger partial charge in [0.15, 0.2) is 5.84 Å². The van der Waals surface area contributed by atoms with Gasteiger partial charge in [-0.25, -0.2) is 8.78 Å². The van der Waals surface area contributed by atoms with E-state index < -0.39 is 11.6 Å². The van der Waals surface area contributed by atoms with Gasteiger partial charge in [-0.2, -0.15) is 0 Å². The van der Waals surface area contributed by atoms with Crippen LogP contribution in [0.3, 0.4) is 0 Å². The minimum Gasteiger partial charge on any atom is -0.489 e. The summed E-state index contributed by atoms with van der Waals surface area (Å²) in [4.78, 5) is 0. The van der Waals surface area contributed by atoms with Crippen molar-refractivity contribution in [3.8, 4) is 5.75 Å². The molecule has 0 aliphatic rings. The largest absolute Gasteiger partial charge is 0.489 e. The van der Waals surface area contributed by atoms with Crippen LogP contribution in [0.15, 0.2) is 41.6 Å². The molecule has 0 aromatic heterocycles. The van der Waals surface area contributed by atoms with Crippen molar-refractivity contribution in [1.29, 1.82) is 0 Å². The van der Waals surface area contributed by atoms with Crippen molar-refractivity contribution in [2.45, 2.75) is 13.5 Å². The lowest BCUT2D eigenvalue weighted by Gasteiger charge is -2.10. The molecule has 0 fully saturated rings. The lowest BCUT2D eigenvalue weighted by molar-refractivity contribution is 0.298. The SMILES string of the molecule is Cc1ccc(OCc2cccc(/C(N)=N/O)c2F)cc1F. The number of halogens is 2. The molecular weight excluding hydrogens is 278 g/mol. The molecule has 0 unspecified atom stereocenters.